The van der Waals surface area contributed by atoms with E-state index in [9.17, 15) is 13.2 Å². The molecule has 21 heavy (non-hydrogen) atoms. The van der Waals surface area contributed by atoms with E-state index < -0.39 is 23.1 Å². The van der Waals surface area contributed by atoms with E-state index in [2.05, 4.69) is 20.3 Å². The number of nitrogens with zero attached hydrogens (tertiary/aromatic N) is 3. The van der Waals surface area contributed by atoms with Gasteiger partial charge in [0.05, 0.1) is 12.3 Å². The summed E-state index contributed by atoms with van der Waals surface area (Å²) >= 11 is 5.67. The fraction of sp³-hybridized carbons (Fsp3) is 0.250. The molecular weight excluding hydrogens is 309 g/mol. The predicted octanol–water partition coefficient (Wildman–Crippen LogP) is 3.47. The first-order chi connectivity index (χ1) is 9.99. The Labute approximate surface area is 123 Å². The molecule has 1 N–H and O–H groups in total. The van der Waals surface area contributed by atoms with Gasteiger partial charge in [0.2, 0.25) is 11.2 Å². The van der Waals surface area contributed by atoms with Gasteiger partial charge in [-0.3, -0.25) is 0 Å². The molecule has 1 aromatic heterocycles. The van der Waals surface area contributed by atoms with Crippen LogP contribution in [0.25, 0.3) is 0 Å². The minimum absolute atomic E-state index is 0.0726. The van der Waals surface area contributed by atoms with Crippen LogP contribution < -0.4 is 10.1 Å². The number of halogens is 4. The summed E-state index contributed by atoms with van der Waals surface area (Å²) in [5.74, 6) is -3.73. The molecule has 5 nitrogen and oxygen atoms in total. The molecule has 0 aliphatic rings. The summed E-state index contributed by atoms with van der Waals surface area (Å²) in [7, 11) is 0. The van der Waals surface area contributed by atoms with Crippen LogP contribution in [0.4, 0.5) is 24.8 Å². The average Bonchev–Trinajstić information content (AvgIpc) is 2.41. The first kappa shape index (κ1) is 15.3. The van der Waals surface area contributed by atoms with Gasteiger partial charge in [-0.05, 0) is 18.0 Å². The summed E-state index contributed by atoms with van der Waals surface area (Å²) < 4.78 is 44.9. The second kappa shape index (κ2) is 6.57. The van der Waals surface area contributed by atoms with Crippen LogP contribution in [0.5, 0.6) is 6.01 Å². The smallest absolute Gasteiger partial charge is 0.322 e. The molecule has 0 saturated carbocycles. The van der Waals surface area contributed by atoms with Crippen LogP contribution in [0.3, 0.4) is 0 Å². The van der Waals surface area contributed by atoms with E-state index in [-0.39, 0.29) is 17.2 Å². The molecule has 2 rings (SSSR count). The van der Waals surface area contributed by atoms with Crippen LogP contribution in [0, 0.1) is 17.5 Å². The van der Waals surface area contributed by atoms with Gasteiger partial charge < -0.3 is 10.1 Å². The number of ether oxygens (including phenoxy) is 1. The summed E-state index contributed by atoms with van der Waals surface area (Å²) in [6, 6.07) is 1.12. The Morgan fingerprint density at radius 1 is 1.19 bits per heavy atom. The fourth-order valence-corrected chi connectivity index (χ4v) is 1.57. The maximum atomic E-state index is 13.5. The summed E-state index contributed by atoms with van der Waals surface area (Å²) in [5, 5.41) is 2.13. The van der Waals surface area contributed by atoms with Gasteiger partial charge in [0, 0.05) is 12.1 Å². The number of nitrogens with one attached hydrogen (secondary N) is 1. The first-order valence-corrected chi connectivity index (χ1v) is 6.33. The lowest BCUT2D eigenvalue weighted by atomic mass is 10.3. The van der Waals surface area contributed by atoms with Gasteiger partial charge in [-0.25, -0.2) is 13.2 Å². The maximum Gasteiger partial charge on any atom is 0.322 e. The van der Waals surface area contributed by atoms with Gasteiger partial charge in [0.25, 0.3) is 0 Å². The van der Waals surface area contributed by atoms with Crippen LogP contribution in [0.15, 0.2) is 12.1 Å². The Balaban J connectivity index is 2.29. The highest BCUT2D eigenvalue weighted by molar-refractivity contribution is 6.28. The number of anilines is 2. The zero-order valence-corrected chi connectivity index (χ0v) is 11.6. The fourth-order valence-electron chi connectivity index (χ4n) is 1.41. The van der Waals surface area contributed by atoms with E-state index in [1.807, 2.05) is 6.92 Å². The molecule has 112 valence electrons. The Hall–Kier alpha value is -2.09. The van der Waals surface area contributed by atoms with Crippen molar-refractivity contribution in [2.45, 2.75) is 13.3 Å². The predicted molar refractivity (Wildman–Crippen MR) is 70.2 cm³/mol. The van der Waals surface area contributed by atoms with E-state index >= 15 is 0 Å². The van der Waals surface area contributed by atoms with Crippen molar-refractivity contribution in [2.24, 2.45) is 0 Å². The molecule has 0 bridgehead atoms. The number of benzene rings is 1. The van der Waals surface area contributed by atoms with Crippen molar-refractivity contribution in [2.75, 3.05) is 11.9 Å². The molecule has 0 spiro atoms. The second-order valence-electron chi connectivity index (χ2n) is 3.93. The molecule has 0 saturated heterocycles. The van der Waals surface area contributed by atoms with Crippen molar-refractivity contribution >= 4 is 23.2 Å². The van der Waals surface area contributed by atoms with E-state index in [0.29, 0.717) is 12.7 Å². The quantitative estimate of drug-likeness (QED) is 0.855. The van der Waals surface area contributed by atoms with Gasteiger partial charge in [-0.15, -0.1) is 0 Å². The minimum atomic E-state index is -1.33. The third kappa shape index (κ3) is 3.94. The van der Waals surface area contributed by atoms with E-state index in [0.717, 1.165) is 12.5 Å². The van der Waals surface area contributed by atoms with Gasteiger partial charge in [-0.1, -0.05) is 6.92 Å². The molecule has 0 unspecified atom stereocenters. The van der Waals surface area contributed by atoms with Gasteiger partial charge >= 0.3 is 6.01 Å². The van der Waals surface area contributed by atoms with Gasteiger partial charge in [-0.2, -0.15) is 15.0 Å². The summed E-state index contributed by atoms with van der Waals surface area (Å²) in [4.78, 5) is 11.2. The Bertz CT molecular complexity index is 657. The second-order valence-corrected chi connectivity index (χ2v) is 4.27. The van der Waals surface area contributed by atoms with Crippen molar-refractivity contribution in [3.63, 3.8) is 0 Å². The molecule has 0 amide bonds. The van der Waals surface area contributed by atoms with Crippen molar-refractivity contribution in [1.29, 1.82) is 0 Å². The average molecular weight is 319 g/mol. The molecule has 9 heteroatoms. The maximum absolute atomic E-state index is 13.5. The highest BCUT2D eigenvalue weighted by Crippen LogP contribution is 2.23. The van der Waals surface area contributed by atoms with Crippen LogP contribution >= 0.6 is 11.6 Å². The molecule has 0 fully saturated rings. The zero-order chi connectivity index (χ0) is 15.4. The standard InChI is InChI=1S/C12H10ClF3N4O/c1-2-3-21-12-19-10(13)18-11(20-12)17-8-5-6(14)4-7(15)9(8)16/h4-5H,2-3H2,1H3,(H,17,18,19,20). The van der Waals surface area contributed by atoms with E-state index in [4.69, 9.17) is 16.3 Å². The highest BCUT2D eigenvalue weighted by Gasteiger charge is 2.13. The highest BCUT2D eigenvalue weighted by atomic mass is 35.5. The SMILES string of the molecule is CCCOc1nc(Cl)nc(Nc2cc(F)cc(F)c2F)n1. The number of rotatable bonds is 5. The Kier molecular flexibility index (Phi) is 4.79. The topological polar surface area (TPSA) is 59.9 Å². The Morgan fingerprint density at radius 2 is 1.95 bits per heavy atom. The van der Waals surface area contributed by atoms with Crippen LogP contribution in [-0.2, 0) is 0 Å². The largest absolute Gasteiger partial charge is 0.463 e. The van der Waals surface area contributed by atoms with Crippen molar-refractivity contribution < 1.29 is 17.9 Å². The van der Waals surface area contributed by atoms with Gasteiger partial charge in [0.1, 0.15) is 5.82 Å². The van der Waals surface area contributed by atoms with Crippen molar-refractivity contribution in [3.05, 3.63) is 34.9 Å². The Morgan fingerprint density at radius 3 is 2.67 bits per heavy atom. The molecule has 2 aromatic rings. The first-order valence-electron chi connectivity index (χ1n) is 5.95. The lowest BCUT2D eigenvalue weighted by molar-refractivity contribution is 0.292. The molecule has 0 aliphatic carbocycles. The van der Waals surface area contributed by atoms with E-state index in [1.54, 1.807) is 0 Å². The molecule has 0 radical (unpaired) electrons. The summed E-state index contributed by atoms with van der Waals surface area (Å²) in [6.07, 6.45) is 0.718. The van der Waals surface area contributed by atoms with E-state index in [1.165, 1.54) is 0 Å². The lowest BCUT2D eigenvalue weighted by Crippen LogP contribution is -2.06. The number of hydrogen-bond donors (Lipinski definition) is 1. The zero-order valence-electron chi connectivity index (χ0n) is 10.8. The molecular formula is C12H10ClF3N4O. The molecule has 1 heterocycles. The van der Waals surface area contributed by atoms with Crippen LogP contribution in [0.1, 0.15) is 13.3 Å². The van der Waals surface area contributed by atoms with Crippen molar-refractivity contribution in [1.82, 2.24) is 15.0 Å². The summed E-state index contributed by atoms with van der Waals surface area (Å²) in [5.41, 5.74) is -0.462. The minimum Gasteiger partial charge on any atom is -0.463 e. The lowest BCUT2D eigenvalue weighted by Gasteiger charge is -2.08. The third-order valence-electron chi connectivity index (χ3n) is 2.26. The summed E-state index contributed by atoms with van der Waals surface area (Å²) in [6.45, 7) is 2.23. The normalized spacial score (nSPS) is 10.5. The van der Waals surface area contributed by atoms with Gasteiger partial charge in [0.15, 0.2) is 11.6 Å². The number of hydrogen-bond acceptors (Lipinski definition) is 5. The molecule has 0 aliphatic heterocycles. The van der Waals surface area contributed by atoms with Crippen LogP contribution in [-0.4, -0.2) is 21.6 Å². The third-order valence-corrected chi connectivity index (χ3v) is 2.43. The molecule has 1 aromatic carbocycles. The number of aromatic nitrogens is 3. The van der Waals surface area contributed by atoms with Crippen LogP contribution in [0.2, 0.25) is 5.28 Å². The monoisotopic (exact) mass is 318 g/mol. The van der Waals surface area contributed by atoms with Crippen molar-refractivity contribution in [3.8, 4) is 6.01 Å². The molecule has 0 atom stereocenters.